The van der Waals surface area contributed by atoms with Gasteiger partial charge in [-0.2, -0.15) is 0 Å². The summed E-state index contributed by atoms with van der Waals surface area (Å²) in [6.45, 7) is 1.75. The van der Waals surface area contributed by atoms with E-state index in [0.29, 0.717) is 11.1 Å². The number of benzene rings is 1. The lowest BCUT2D eigenvalue weighted by Crippen LogP contribution is -2.20. The van der Waals surface area contributed by atoms with E-state index in [0.717, 1.165) is 22.9 Å². The molecule has 1 heterocycles. The molecule has 0 unspecified atom stereocenters. The molecule has 0 atom stereocenters. The molecular weight excluding hydrogens is 248 g/mol. The highest BCUT2D eigenvalue weighted by Crippen LogP contribution is 2.27. The van der Waals surface area contributed by atoms with Crippen molar-refractivity contribution in [1.29, 1.82) is 0 Å². The monoisotopic (exact) mass is 264 g/mol. The predicted octanol–water partition coefficient (Wildman–Crippen LogP) is 1.37. The number of fused-ring (bicyclic) bond motifs is 1. The molecule has 2 aromatic rings. The Morgan fingerprint density at radius 3 is 2.94 bits per heavy atom. The third-order valence-electron chi connectivity index (χ3n) is 2.52. The summed E-state index contributed by atoms with van der Waals surface area (Å²) < 4.78 is 0.971. The fourth-order valence-electron chi connectivity index (χ4n) is 1.61. The molecule has 3 N–H and O–H groups in total. The Kier molecular flexibility index (Phi) is 3.78. The van der Waals surface area contributed by atoms with Crippen LogP contribution >= 0.6 is 11.3 Å². The van der Waals surface area contributed by atoms with Gasteiger partial charge in [0.15, 0.2) is 5.13 Å². The summed E-state index contributed by atoms with van der Waals surface area (Å²) in [5.41, 5.74) is 6.49. The van der Waals surface area contributed by atoms with Crippen LogP contribution in [0.3, 0.4) is 0 Å². The van der Waals surface area contributed by atoms with Crippen LogP contribution in [0.1, 0.15) is 10.4 Å². The summed E-state index contributed by atoms with van der Waals surface area (Å²) in [6.07, 6.45) is 0. The van der Waals surface area contributed by atoms with Crippen molar-refractivity contribution in [1.82, 2.24) is 9.88 Å². The van der Waals surface area contributed by atoms with Crippen LogP contribution in [0.25, 0.3) is 10.2 Å². The molecule has 0 aliphatic carbocycles. The molecule has 1 amide bonds. The zero-order valence-corrected chi connectivity index (χ0v) is 11.3. The Hall–Kier alpha value is -1.66. The largest absolute Gasteiger partial charge is 0.366 e. The average molecular weight is 264 g/mol. The van der Waals surface area contributed by atoms with Crippen molar-refractivity contribution in [3.05, 3.63) is 23.8 Å². The second-order valence-corrected chi connectivity index (χ2v) is 5.30. The minimum Gasteiger partial charge on any atom is -0.366 e. The molecule has 0 aliphatic heterocycles. The van der Waals surface area contributed by atoms with Gasteiger partial charge in [0, 0.05) is 13.1 Å². The van der Waals surface area contributed by atoms with Gasteiger partial charge in [-0.15, -0.1) is 0 Å². The number of hydrogen-bond acceptors (Lipinski definition) is 5. The lowest BCUT2D eigenvalue weighted by Gasteiger charge is -2.08. The second-order valence-electron chi connectivity index (χ2n) is 4.27. The minimum absolute atomic E-state index is 0.439. The van der Waals surface area contributed by atoms with Gasteiger partial charge < -0.3 is 16.0 Å². The molecule has 0 radical (unpaired) electrons. The number of nitrogens with two attached hydrogens (primary N) is 1. The van der Waals surface area contributed by atoms with Gasteiger partial charge in [0.25, 0.3) is 5.91 Å². The number of amides is 1. The van der Waals surface area contributed by atoms with E-state index >= 15 is 0 Å². The maximum atomic E-state index is 11.3. The standard InChI is InChI=1S/C12H16N4OS/c1-16(2)7-6-14-12-15-10-8(11(13)17)4-3-5-9(10)18-12/h3-5H,6-7H2,1-2H3,(H2,13,17)(H,14,15). The van der Waals surface area contributed by atoms with Crippen LogP contribution in [0.15, 0.2) is 18.2 Å². The SMILES string of the molecule is CN(C)CCNc1nc2c(C(N)=O)cccc2s1. The number of primary amides is 1. The Labute approximate surface area is 110 Å². The summed E-state index contributed by atoms with van der Waals surface area (Å²) in [6, 6.07) is 5.47. The van der Waals surface area contributed by atoms with Crippen molar-refractivity contribution in [2.75, 3.05) is 32.5 Å². The maximum Gasteiger partial charge on any atom is 0.250 e. The molecule has 1 aromatic heterocycles. The highest BCUT2D eigenvalue weighted by atomic mass is 32.1. The minimum atomic E-state index is -0.439. The van der Waals surface area contributed by atoms with E-state index < -0.39 is 5.91 Å². The van der Waals surface area contributed by atoms with Crippen molar-refractivity contribution in [2.45, 2.75) is 0 Å². The number of hydrogen-bond donors (Lipinski definition) is 2. The van der Waals surface area contributed by atoms with E-state index in [9.17, 15) is 4.79 Å². The van der Waals surface area contributed by atoms with Crippen molar-refractivity contribution in [2.24, 2.45) is 5.73 Å². The first-order valence-electron chi connectivity index (χ1n) is 5.66. The third kappa shape index (κ3) is 2.77. The molecule has 0 spiro atoms. The number of aromatic nitrogens is 1. The molecule has 0 saturated heterocycles. The topological polar surface area (TPSA) is 71.2 Å². The Balaban J connectivity index is 2.22. The first-order chi connectivity index (χ1) is 8.58. The lowest BCUT2D eigenvalue weighted by atomic mass is 10.2. The van der Waals surface area contributed by atoms with Crippen LogP contribution in [0, 0.1) is 0 Å². The van der Waals surface area contributed by atoms with E-state index in [4.69, 9.17) is 5.73 Å². The van der Waals surface area contributed by atoms with Crippen LogP contribution in [0.2, 0.25) is 0 Å². The number of anilines is 1. The number of nitrogens with one attached hydrogen (secondary N) is 1. The number of carbonyl (C=O) groups excluding carboxylic acids is 1. The summed E-state index contributed by atoms with van der Waals surface area (Å²) in [7, 11) is 4.04. The molecule has 1 aromatic carbocycles. The molecule has 0 bridgehead atoms. The molecule has 2 rings (SSSR count). The molecule has 0 fully saturated rings. The van der Waals surface area contributed by atoms with Crippen LogP contribution in [0.5, 0.6) is 0 Å². The zero-order valence-electron chi connectivity index (χ0n) is 10.4. The molecule has 0 aliphatic rings. The fraction of sp³-hybridized carbons (Fsp3) is 0.333. The zero-order chi connectivity index (χ0) is 13.1. The van der Waals surface area contributed by atoms with Crippen molar-refractivity contribution < 1.29 is 4.79 Å². The van der Waals surface area contributed by atoms with Gasteiger partial charge in [-0.1, -0.05) is 17.4 Å². The van der Waals surface area contributed by atoms with Crippen LogP contribution in [0.4, 0.5) is 5.13 Å². The van der Waals surface area contributed by atoms with Gasteiger partial charge in [0.1, 0.15) is 0 Å². The maximum absolute atomic E-state index is 11.3. The molecule has 96 valence electrons. The third-order valence-corrected chi connectivity index (χ3v) is 3.50. The Morgan fingerprint density at radius 1 is 1.50 bits per heavy atom. The molecular formula is C12H16N4OS. The quantitative estimate of drug-likeness (QED) is 0.855. The number of para-hydroxylation sites is 1. The van der Waals surface area contributed by atoms with Crippen molar-refractivity contribution >= 4 is 32.6 Å². The number of thiazole rings is 1. The summed E-state index contributed by atoms with van der Waals surface area (Å²) >= 11 is 1.53. The van der Waals surface area contributed by atoms with Crippen LogP contribution in [-0.4, -0.2) is 43.0 Å². The fourth-order valence-corrected chi connectivity index (χ4v) is 2.53. The van der Waals surface area contributed by atoms with E-state index in [1.54, 1.807) is 6.07 Å². The Morgan fingerprint density at radius 2 is 2.28 bits per heavy atom. The molecule has 18 heavy (non-hydrogen) atoms. The molecule has 5 nitrogen and oxygen atoms in total. The first kappa shape index (κ1) is 12.8. The second kappa shape index (κ2) is 5.32. The van der Waals surface area contributed by atoms with Crippen LogP contribution in [-0.2, 0) is 0 Å². The van der Waals surface area contributed by atoms with E-state index in [2.05, 4.69) is 15.2 Å². The summed E-state index contributed by atoms with van der Waals surface area (Å²) in [5.74, 6) is -0.439. The van der Waals surface area contributed by atoms with Gasteiger partial charge in [-0.05, 0) is 26.2 Å². The van der Waals surface area contributed by atoms with E-state index in [1.807, 2.05) is 26.2 Å². The van der Waals surface area contributed by atoms with Crippen LogP contribution < -0.4 is 11.1 Å². The van der Waals surface area contributed by atoms with Crippen molar-refractivity contribution in [3.8, 4) is 0 Å². The van der Waals surface area contributed by atoms with E-state index in [1.165, 1.54) is 11.3 Å². The van der Waals surface area contributed by atoms with Gasteiger partial charge in [-0.25, -0.2) is 4.98 Å². The highest BCUT2D eigenvalue weighted by molar-refractivity contribution is 7.22. The normalized spacial score (nSPS) is 11.1. The average Bonchev–Trinajstić information content (AvgIpc) is 2.70. The molecule has 0 saturated carbocycles. The Bertz CT molecular complexity index is 564. The van der Waals surface area contributed by atoms with Gasteiger partial charge in [0.05, 0.1) is 15.8 Å². The number of likely N-dealkylation sites (N-methyl/N-ethyl adjacent to an activating group) is 1. The highest BCUT2D eigenvalue weighted by Gasteiger charge is 2.11. The van der Waals surface area contributed by atoms with Crippen molar-refractivity contribution in [3.63, 3.8) is 0 Å². The first-order valence-corrected chi connectivity index (χ1v) is 6.47. The number of rotatable bonds is 5. The van der Waals surface area contributed by atoms with Gasteiger partial charge in [0.2, 0.25) is 0 Å². The lowest BCUT2D eigenvalue weighted by molar-refractivity contribution is 0.100. The smallest absolute Gasteiger partial charge is 0.250 e. The summed E-state index contributed by atoms with van der Waals surface area (Å²) in [4.78, 5) is 17.8. The predicted molar refractivity (Wildman–Crippen MR) is 75.2 cm³/mol. The van der Waals surface area contributed by atoms with E-state index in [-0.39, 0.29) is 0 Å². The number of nitrogens with zero attached hydrogens (tertiary/aromatic N) is 2. The summed E-state index contributed by atoms with van der Waals surface area (Å²) in [5, 5.41) is 4.07. The molecule has 6 heteroatoms. The number of carbonyl (C=O) groups is 1. The van der Waals surface area contributed by atoms with Gasteiger partial charge >= 0.3 is 0 Å². The van der Waals surface area contributed by atoms with Gasteiger partial charge in [-0.3, -0.25) is 4.79 Å².